The number of pyridine rings is 1. The molecule has 0 N–H and O–H groups in total. The maximum atomic E-state index is 11.6. The molecular weight excluding hydrogens is 262 g/mol. The third-order valence-electron chi connectivity index (χ3n) is 3.58. The van der Waals surface area contributed by atoms with Gasteiger partial charge in [0.15, 0.2) is 15.5 Å². The Morgan fingerprint density at radius 2 is 2.32 bits per heavy atom. The molecule has 1 atom stereocenters. The second-order valence-electron chi connectivity index (χ2n) is 5.07. The summed E-state index contributed by atoms with van der Waals surface area (Å²) < 4.78 is 25.4. The van der Waals surface area contributed by atoms with Crippen LogP contribution in [0, 0.1) is 0 Å². The zero-order valence-corrected chi connectivity index (χ0v) is 11.7. The summed E-state index contributed by atoms with van der Waals surface area (Å²) in [7, 11) is -2.89. The minimum atomic E-state index is -2.89. The van der Waals surface area contributed by atoms with Crippen molar-refractivity contribution in [1.29, 1.82) is 0 Å². The summed E-state index contributed by atoms with van der Waals surface area (Å²) in [6, 6.07) is 3.79. The first-order chi connectivity index (χ1) is 9.11. The van der Waals surface area contributed by atoms with Gasteiger partial charge in [-0.25, -0.2) is 18.4 Å². The second-order valence-corrected chi connectivity index (χ2v) is 7.30. The van der Waals surface area contributed by atoms with E-state index in [2.05, 4.69) is 21.5 Å². The molecule has 102 valence electrons. The summed E-state index contributed by atoms with van der Waals surface area (Å²) in [4.78, 5) is 8.99. The molecule has 0 spiro atoms. The Morgan fingerprint density at radius 1 is 1.47 bits per heavy atom. The van der Waals surface area contributed by atoms with Crippen LogP contribution in [0.1, 0.15) is 31.5 Å². The summed E-state index contributed by atoms with van der Waals surface area (Å²) in [6.07, 6.45) is 3.41. The molecule has 0 amide bonds. The molecular formula is C13H17N3O2S. The fraction of sp³-hybridized carbons (Fsp3) is 0.538. The summed E-state index contributed by atoms with van der Waals surface area (Å²) in [5, 5.41) is 0. The zero-order chi connectivity index (χ0) is 13.5. The maximum absolute atomic E-state index is 11.6. The number of aromatic nitrogens is 3. The Kier molecular flexibility index (Phi) is 3.05. The SMILES string of the molecule is CCCn1c(C2CCS(=O)(=O)C2)nc2cccnc21. The van der Waals surface area contributed by atoms with Crippen molar-refractivity contribution in [2.75, 3.05) is 11.5 Å². The topological polar surface area (TPSA) is 64.8 Å². The summed E-state index contributed by atoms with van der Waals surface area (Å²) in [5.74, 6) is 1.41. The molecule has 0 bridgehead atoms. The third kappa shape index (κ3) is 2.25. The van der Waals surface area contributed by atoms with Gasteiger partial charge < -0.3 is 4.57 Å². The predicted octanol–water partition coefficient (Wildman–Crippen LogP) is 1.74. The molecule has 19 heavy (non-hydrogen) atoms. The van der Waals surface area contributed by atoms with Crippen LogP contribution in [0.15, 0.2) is 18.3 Å². The molecule has 2 aromatic heterocycles. The van der Waals surface area contributed by atoms with Crippen LogP contribution in [-0.4, -0.2) is 34.5 Å². The number of rotatable bonds is 3. The van der Waals surface area contributed by atoms with Gasteiger partial charge in [0.1, 0.15) is 11.3 Å². The minimum absolute atomic E-state index is 0.0192. The highest BCUT2D eigenvalue weighted by molar-refractivity contribution is 7.91. The normalized spacial score (nSPS) is 22.1. The molecule has 0 radical (unpaired) electrons. The van der Waals surface area contributed by atoms with Crippen LogP contribution in [0.4, 0.5) is 0 Å². The highest BCUT2D eigenvalue weighted by Crippen LogP contribution is 2.30. The summed E-state index contributed by atoms with van der Waals surface area (Å²) in [6.45, 7) is 2.93. The van der Waals surface area contributed by atoms with Gasteiger partial charge in [0, 0.05) is 18.7 Å². The number of nitrogens with zero attached hydrogens (tertiary/aromatic N) is 3. The molecule has 1 saturated heterocycles. The number of aryl methyl sites for hydroxylation is 1. The number of hydrogen-bond acceptors (Lipinski definition) is 4. The molecule has 3 heterocycles. The number of fused-ring (bicyclic) bond motifs is 1. The third-order valence-corrected chi connectivity index (χ3v) is 5.35. The van der Waals surface area contributed by atoms with Crippen molar-refractivity contribution in [3.63, 3.8) is 0 Å². The number of sulfone groups is 1. The molecule has 1 aliphatic heterocycles. The van der Waals surface area contributed by atoms with E-state index < -0.39 is 9.84 Å². The van der Waals surface area contributed by atoms with E-state index in [4.69, 9.17) is 0 Å². The molecule has 1 unspecified atom stereocenters. The van der Waals surface area contributed by atoms with E-state index in [1.54, 1.807) is 6.20 Å². The second kappa shape index (κ2) is 4.59. The Bertz CT molecular complexity index is 706. The smallest absolute Gasteiger partial charge is 0.159 e. The fourth-order valence-electron chi connectivity index (χ4n) is 2.73. The molecule has 0 saturated carbocycles. The van der Waals surface area contributed by atoms with Crippen LogP contribution in [-0.2, 0) is 16.4 Å². The summed E-state index contributed by atoms with van der Waals surface area (Å²) in [5.41, 5.74) is 1.72. The molecule has 3 rings (SSSR count). The highest BCUT2D eigenvalue weighted by Gasteiger charge is 2.32. The highest BCUT2D eigenvalue weighted by atomic mass is 32.2. The molecule has 6 heteroatoms. The van der Waals surface area contributed by atoms with Gasteiger partial charge >= 0.3 is 0 Å². The Hall–Kier alpha value is -1.43. The van der Waals surface area contributed by atoms with E-state index in [0.717, 1.165) is 30.0 Å². The Balaban J connectivity index is 2.10. The van der Waals surface area contributed by atoms with Gasteiger partial charge in [0.05, 0.1) is 11.5 Å². The van der Waals surface area contributed by atoms with Gasteiger partial charge in [0.25, 0.3) is 0 Å². The van der Waals surface area contributed by atoms with Crippen LogP contribution in [0.5, 0.6) is 0 Å². The largest absolute Gasteiger partial charge is 0.312 e. The van der Waals surface area contributed by atoms with Crippen molar-refractivity contribution in [3.05, 3.63) is 24.2 Å². The molecule has 0 aliphatic carbocycles. The van der Waals surface area contributed by atoms with E-state index in [1.165, 1.54) is 0 Å². The fourth-order valence-corrected chi connectivity index (χ4v) is 4.47. The van der Waals surface area contributed by atoms with E-state index in [-0.39, 0.29) is 17.4 Å². The average Bonchev–Trinajstić information content (AvgIpc) is 2.91. The van der Waals surface area contributed by atoms with Crippen molar-refractivity contribution >= 4 is 21.0 Å². The van der Waals surface area contributed by atoms with E-state index in [1.807, 2.05) is 12.1 Å². The van der Waals surface area contributed by atoms with Gasteiger partial charge in [-0.05, 0) is 25.0 Å². The quantitative estimate of drug-likeness (QED) is 0.858. The Morgan fingerprint density at radius 3 is 3.00 bits per heavy atom. The van der Waals surface area contributed by atoms with Gasteiger partial charge in [-0.2, -0.15) is 0 Å². The lowest BCUT2D eigenvalue weighted by Crippen LogP contribution is -2.11. The predicted molar refractivity (Wildman–Crippen MR) is 73.8 cm³/mol. The van der Waals surface area contributed by atoms with Crippen LogP contribution >= 0.6 is 0 Å². The molecule has 2 aromatic rings. The number of imidazole rings is 1. The van der Waals surface area contributed by atoms with Crippen LogP contribution in [0.3, 0.4) is 0 Å². The van der Waals surface area contributed by atoms with Gasteiger partial charge in [-0.15, -0.1) is 0 Å². The average molecular weight is 279 g/mol. The molecule has 1 fully saturated rings. The van der Waals surface area contributed by atoms with Gasteiger partial charge in [0.2, 0.25) is 0 Å². The van der Waals surface area contributed by atoms with Crippen molar-refractivity contribution in [2.24, 2.45) is 0 Å². The first kappa shape index (κ1) is 12.6. The Labute approximate surface area is 112 Å². The van der Waals surface area contributed by atoms with Crippen molar-refractivity contribution in [3.8, 4) is 0 Å². The monoisotopic (exact) mass is 279 g/mol. The van der Waals surface area contributed by atoms with Crippen LogP contribution in [0.25, 0.3) is 11.2 Å². The maximum Gasteiger partial charge on any atom is 0.159 e. The molecule has 5 nitrogen and oxygen atoms in total. The van der Waals surface area contributed by atoms with Crippen LogP contribution in [0.2, 0.25) is 0 Å². The summed E-state index contributed by atoms with van der Waals surface area (Å²) >= 11 is 0. The lowest BCUT2D eigenvalue weighted by molar-refractivity contribution is 0.593. The van der Waals surface area contributed by atoms with Crippen molar-refractivity contribution < 1.29 is 8.42 Å². The standard InChI is InChI=1S/C13H17N3O2S/c1-2-7-16-12(10-5-8-19(17,18)9-10)15-11-4-3-6-14-13(11)16/h3-4,6,10H,2,5,7-9H2,1H3. The van der Waals surface area contributed by atoms with Crippen molar-refractivity contribution in [2.45, 2.75) is 32.2 Å². The number of hydrogen-bond donors (Lipinski definition) is 0. The van der Waals surface area contributed by atoms with Crippen molar-refractivity contribution in [1.82, 2.24) is 14.5 Å². The van der Waals surface area contributed by atoms with Crippen LogP contribution < -0.4 is 0 Å². The van der Waals surface area contributed by atoms with Gasteiger partial charge in [-0.3, -0.25) is 0 Å². The van der Waals surface area contributed by atoms with E-state index in [9.17, 15) is 8.42 Å². The lowest BCUT2D eigenvalue weighted by atomic mass is 10.1. The van der Waals surface area contributed by atoms with Gasteiger partial charge in [-0.1, -0.05) is 6.92 Å². The van der Waals surface area contributed by atoms with E-state index >= 15 is 0 Å². The molecule has 0 aromatic carbocycles. The first-order valence-electron chi connectivity index (χ1n) is 6.62. The minimum Gasteiger partial charge on any atom is -0.312 e. The first-order valence-corrected chi connectivity index (χ1v) is 8.44. The lowest BCUT2D eigenvalue weighted by Gasteiger charge is -2.11. The molecule has 1 aliphatic rings. The zero-order valence-electron chi connectivity index (χ0n) is 10.9. The van der Waals surface area contributed by atoms with E-state index in [0.29, 0.717) is 6.42 Å².